The van der Waals surface area contributed by atoms with Crippen LogP contribution in [0.1, 0.15) is 24.9 Å². The predicted molar refractivity (Wildman–Crippen MR) is 68.1 cm³/mol. The first-order chi connectivity index (χ1) is 7.13. The van der Waals surface area contributed by atoms with Crippen molar-refractivity contribution in [3.63, 3.8) is 0 Å². The first-order valence-electron chi connectivity index (χ1n) is 5.72. The molecule has 0 aliphatic heterocycles. The van der Waals surface area contributed by atoms with E-state index in [0.717, 1.165) is 6.42 Å². The van der Waals surface area contributed by atoms with E-state index in [1.165, 1.54) is 11.0 Å². The molecule has 0 bridgehead atoms. The fourth-order valence-corrected chi connectivity index (χ4v) is 1.71. The van der Waals surface area contributed by atoms with Gasteiger partial charge in [0.1, 0.15) is 0 Å². The van der Waals surface area contributed by atoms with Gasteiger partial charge >= 0.3 is 93.2 Å². The molecule has 15 heavy (non-hydrogen) atoms. The SMILES string of the molecule is CBC(=O)Cc1cccbc1CC(C)C. The molecule has 3 heteroatoms. The summed E-state index contributed by atoms with van der Waals surface area (Å²) >= 11 is 0. The molecule has 1 heterocycles. The van der Waals surface area contributed by atoms with E-state index >= 15 is 0 Å². The Hall–Kier alpha value is -0.850. The number of carbonyl (C=O) groups is 1. The van der Waals surface area contributed by atoms with E-state index in [9.17, 15) is 4.79 Å². The van der Waals surface area contributed by atoms with Crippen LogP contribution in [0.2, 0.25) is 6.82 Å². The Bertz CT molecular complexity index is 334. The van der Waals surface area contributed by atoms with E-state index in [2.05, 4.69) is 32.8 Å². The van der Waals surface area contributed by atoms with Gasteiger partial charge in [-0.15, -0.1) is 0 Å². The fourth-order valence-electron chi connectivity index (χ4n) is 1.71. The van der Waals surface area contributed by atoms with Crippen molar-refractivity contribution in [3.05, 3.63) is 29.1 Å². The van der Waals surface area contributed by atoms with Gasteiger partial charge in [0.25, 0.3) is 0 Å². The Balaban J connectivity index is 2.81. The molecule has 0 atom stereocenters. The summed E-state index contributed by atoms with van der Waals surface area (Å²) in [4.78, 5) is 11.4. The number of rotatable bonds is 5. The van der Waals surface area contributed by atoms with Crippen LogP contribution in [0.4, 0.5) is 0 Å². The third-order valence-electron chi connectivity index (χ3n) is 2.53. The minimum absolute atomic E-state index is 0.325. The molecule has 0 saturated heterocycles. The molecular weight excluding hydrogens is 182 g/mol. The molecule has 0 aromatic carbocycles. The second-order valence-electron chi connectivity index (χ2n) is 4.44. The summed E-state index contributed by atoms with van der Waals surface area (Å²) in [7, 11) is 0.635. The average Bonchev–Trinajstić information content (AvgIpc) is 2.20. The number of carbonyl (C=O) groups excluding carboxylic acids is 1. The van der Waals surface area contributed by atoms with E-state index in [4.69, 9.17) is 0 Å². The molecule has 0 aliphatic rings. The van der Waals surface area contributed by atoms with Crippen molar-refractivity contribution < 1.29 is 4.79 Å². The minimum atomic E-state index is 0.325. The standard InChI is InChI=1S/C12H18B2O/c1-9(2)7-11-10(5-4-6-14-11)8-12(15)13-3/h4-6,9,13H,7-8H2,1-3H3. The van der Waals surface area contributed by atoms with Crippen molar-refractivity contribution >= 4 is 19.9 Å². The maximum atomic E-state index is 11.4. The predicted octanol–water partition coefficient (Wildman–Crippen LogP) is 1.78. The van der Waals surface area contributed by atoms with Crippen molar-refractivity contribution in [2.75, 3.05) is 0 Å². The van der Waals surface area contributed by atoms with Gasteiger partial charge in [0.05, 0.1) is 0 Å². The summed E-state index contributed by atoms with van der Waals surface area (Å²) in [5, 5.41) is 0. The first-order valence-corrected chi connectivity index (χ1v) is 5.72. The summed E-state index contributed by atoms with van der Waals surface area (Å²) < 4.78 is 0. The van der Waals surface area contributed by atoms with Crippen molar-refractivity contribution in [1.82, 2.24) is 0 Å². The van der Waals surface area contributed by atoms with Gasteiger partial charge < -0.3 is 0 Å². The second kappa shape index (κ2) is 5.89. The van der Waals surface area contributed by atoms with Crippen LogP contribution in [0.5, 0.6) is 0 Å². The third-order valence-corrected chi connectivity index (χ3v) is 2.53. The normalized spacial score (nSPS) is 10.1. The van der Waals surface area contributed by atoms with Crippen LogP contribution in [-0.2, 0) is 17.6 Å². The summed E-state index contributed by atoms with van der Waals surface area (Å²) in [5.41, 5.74) is 2.86. The molecule has 78 valence electrons. The van der Waals surface area contributed by atoms with Gasteiger partial charge in [0.15, 0.2) is 0 Å². The third kappa shape index (κ3) is 4.03. The van der Waals surface area contributed by atoms with E-state index in [1.807, 2.05) is 12.9 Å². The van der Waals surface area contributed by atoms with E-state index in [-0.39, 0.29) is 0 Å². The van der Waals surface area contributed by atoms with Gasteiger partial charge in [-0.25, -0.2) is 0 Å². The Morgan fingerprint density at radius 2 is 2.27 bits per heavy atom. The van der Waals surface area contributed by atoms with Gasteiger partial charge in [-0.05, 0) is 0 Å². The summed E-state index contributed by atoms with van der Waals surface area (Å²) in [6.07, 6.45) is 1.66. The molecule has 1 aromatic rings. The maximum absolute atomic E-state index is 11.4. The second-order valence-corrected chi connectivity index (χ2v) is 4.44. The molecule has 0 aliphatic carbocycles. The molecule has 1 rings (SSSR count). The zero-order valence-electron chi connectivity index (χ0n) is 9.92. The quantitative estimate of drug-likeness (QED) is 0.662. The van der Waals surface area contributed by atoms with Crippen LogP contribution in [-0.4, -0.2) is 19.9 Å². The molecule has 0 radical (unpaired) electrons. The van der Waals surface area contributed by atoms with Crippen molar-refractivity contribution in [2.45, 2.75) is 33.5 Å². The summed E-state index contributed by atoms with van der Waals surface area (Å²) in [6, 6.07) is 4.09. The van der Waals surface area contributed by atoms with Gasteiger partial charge in [0, 0.05) is 0 Å². The Kier molecular flexibility index (Phi) is 4.80. The number of hydrogen-bond acceptors (Lipinski definition) is 1. The zero-order chi connectivity index (χ0) is 11.3. The topological polar surface area (TPSA) is 17.1 Å². The molecule has 1 aromatic heterocycles. The van der Waals surface area contributed by atoms with Gasteiger partial charge in [-0.1, -0.05) is 0 Å². The molecule has 0 fully saturated rings. The van der Waals surface area contributed by atoms with Gasteiger partial charge in [-0.2, -0.15) is 0 Å². The Morgan fingerprint density at radius 3 is 2.87 bits per heavy atom. The number of hydrogen-bond donors (Lipinski definition) is 0. The Labute approximate surface area is 93.7 Å². The van der Waals surface area contributed by atoms with Crippen LogP contribution in [0.3, 0.4) is 0 Å². The van der Waals surface area contributed by atoms with Crippen molar-refractivity contribution in [3.8, 4) is 0 Å². The van der Waals surface area contributed by atoms with E-state index < -0.39 is 0 Å². The van der Waals surface area contributed by atoms with Crippen LogP contribution in [0, 0.1) is 5.92 Å². The monoisotopic (exact) mass is 200 g/mol. The molecular formula is C12H18B2O. The van der Waals surface area contributed by atoms with Crippen LogP contribution < -0.4 is 0 Å². The van der Waals surface area contributed by atoms with E-state index in [1.54, 1.807) is 0 Å². The molecule has 0 saturated carbocycles. The summed E-state index contributed by atoms with van der Waals surface area (Å²) in [6.45, 7) is 8.47. The molecule has 1 nitrogen and oxygen atoms in total. The van der Waals surface area contributed by atoms with Crippen LogP contribution in [0.15, 0.2) is 18.1 Å². The zero-order valence-corrected chi connectivity index (χ0v) is 9.92. The van der Waals surface area contributed by atoms with Gasteiger partial charge in [0.2, 0.25) is 0 Å². The van der Waals surface area contributed by atoms with Crippen molar-refractivity contribution in [2.24, 2.45) is 5.92 Å². The van der Waals surface area contributed by atoms with Crippen LogP contribution in [0.25, 0.3) is 0 Å². The van der Waals surface area contributed by atoms with Crippen LogP contribution >= 0.6 is 0 Å². The molecule has 0 N–H and O–H groups in total. The van der Waals surface area contributed by atoms with E-state index in [0.29, 0.717) is 25.3 Å². The Morgan fingerprint density at radius 1 is 1.53 bits per heavy atom. The average molecular weight is 200 g/mol. The first kappa shape index (κ1) is 12.2. The summed E-state index contributed by atoms with van der Waals surface area (Å²) in [5.74, 6) is 2.69. The molecule has 0 unspecified atom stereocenters. The fraction of sp³-hybridized carbons (Fsp3) is 0.500. The van der Waals surface area contributed by atoms with Crippen molar-refractivity contribution in [1.29, 1.82) is 0 Å². The van der Waals surface area contributed by atoms with Gasteiger partial charge in [-0.3, -0.25) is 0 Å². The molecule has 0 spiro atoms. The molecule has 0 amide bonds.